The van der Waals surface area contributed by atoms with Crippen molar-refractivity contribution in [3.63, 3.8) is 0 Å². The van der Waals surface area contributed by atoms with E-state index in [2.05, 4.69) is 10.6 Å². The van der Waals surface area contributed by atoms with Gasteiger partial charge in [-0.05, 0) is 62.8 Å². The van der Waals surface area contributed by atoms with Crippen LogP contribution in [0.5, 0.6) is 0 Å². The number of aryl methyl sites for hydroxylation is 1. The van der Waals surface area contributed by atoms with Gasteiger partial charge in [0.15, 0.2) is 0 Å². The van der Waals surface area contributed by atoms with Crippen LogP contribution in [0.4, 0.5) is 10.1 Å². The summed E-state index contributed by atoms with van der Waals surface area (Å²) in [7, 11) is 0. The SMILES string of the molecule is Cc1ccc(NC2CCCCC2C2CCCN2)cc1F. The molecule has 1 aromatic rings. The Bertz CT molecular complexity index is 454. The highest BCUT2D eigenvalue weighted by molar-refractivity contribution is 5.46. The van der Waals surface area contributed by atoms with Gasteiger partial charge in [0, 0.05) is 17.8 Å². The molecule has 1 aliphatic heterocycles. The Morgan fingerprint density at radius 3 is 2.75 bits per heavy atom. The summed E-state index contributed by atoms with van der Waals surface area (Å²) < 4.78 is 13.7. The summed E-state index contributed by atoms with van der Waals surface area (Å²) in [5.74, 6) is 0.581. The molecule has 3 unspecified atom stereocenters. The van der Waals surface area contributed by atoms with E-state index in [0.29, 0.717) is 23.6 Å². The van der Waals surface area contributed by atoms with Crippen molar-refractivity contribution in [1.29, 1.82) is 0 Å². The summed E-state index contributed by atoms with van der Waals surface area (Å²) in [5, 5.41) is 7.24. The molecule has 3 heteroatoms. The first kappa shape index (κ1) is 13.9. The van der Waals surface area contributed by atoms with Gasteiger partial charge in [-0.15, -0.1) is 0 Å². The predicted octanol–water partition coefficient (Wildman–Crippen LogP) is 3.86. The fraction of sp³-hybridized carbons (Fsp3) is 0.647. The van der Waals surface area contributed by atoms with Gasteiger partial charge in [-0.1, -0.05) is 18.9 Å². The van der Waals surface area contributed by atoms with E-state index >= 15 is 0 Å². The molecule has 1 saturated heterocycles. The summed E-state index contributed by atoms with van der Waals surface area (Å²) in [6.07, 6.45) is 7.72. The molecule has 0 bridgehead atoms. The number of benzene rings is 1. The third-order valence-corrected chi connectivity index (χ3v) is 4.96. The zero-order valence-electron chi connectivity index (χ0n) is 12.3. The van der Waals surface area contributed by atoms with Crippen LogP contribution in [0.1, 0.15) is 44.1 Å². The Labute approximate surface area is 121 Å². The Morgan fingerprint density at radius 2 is 2.00 bits per heavy atom. The van der Waals surface area contributed by atoms with Crippen LogP contribution in [0.3, 0.4) is 0 Å². The molecular formula is C17H25FN2. The average Bonchev–Trinajstić information content (AvgIpc) is 2.97. The van der Waals surface area contributed by atoms with Crippen LogP contribution in [0, 0.1) is 18.7 Å². The highest BCUT2D eigenvalue weighted by atomic mass is 19.1. The molecule has 2 aliphatic rings. The van der Waals surface area contributed by atoms with Gasteiger partial charge < -0.3 is 10.6 Å². The third-order valence-electron chi connectivity index (χ3n) is 4.96. The lowest BCUT2D eigenvalue weighted by atomic mass is 9.79. The van der Waals surface area contributed by atoms with Crippen molar-refractivity contribution in [3.05, 3.63) is 29.6 Å². The van der Waals surface area contributed by atoms with Crippen LogP contribution in [-0.4, -0.2) is 18.6 Å². The highest BCUT2D eigenvalue weighted by Gasteiger charge is 2.33. The monoisotopic (exact) mass is 276 g/mol. The highest BCUT2D eigenvalue weighted by Crippen LogP contribution is 2.32. The Kier molecular flexibility index (Phi) is 4.25. The molecule has 1 aliphatic carbocycles. The van der Waals surface area contributed by atoms with Gasteiger partial charge in [0.1, 0.15) is 5.82 Å². The fourth-order valence-electron chi connectivity index (χ4n) is 3.79. The third kappa shape index (κ3) is 2.98. The van der Waals surface area contributed by atoms with Crippen LogP contribution in [0.2, 0.25) is 0 Å². The lowest BCUT2D eigenvalue weighted by Crippen LogP contribution is -2.43. The summed E-state index contributed by atoms with van der Waals surface area (Å²) in [5.41, 5.74) is 1.65. The standard InChI is InChI=1S/C17H25FN2/c1-12-8-9-13(11-15(12)18)20-17-6-3-2-5-14(17)16-7-4-10-19-16/h8-9,11,14,16-17,19-20H,2-7,10H2,1H3. The van der Waals surface area contributed by atoms with Crippen molar-refractivity contribution in [2.45, 2.75) is 57.5 Å². The zero-order valence-corrected chi connectivity index (χ0v) is 12.3. The van der Waals surface area contributed by atoms with Crippen LogP contribution in [0.15, 0.2) is 18.2 Å². The van der Waals surface area contributed by atoms with E-state index in [9.17, 15) is 4.39 Å². The van der Waals surface area contributed by atoms with Crippen molar-refractivity contribution in [2.24, 2.45) is 5.92 Å². The number of nitrogens with one attached hydrogen (secondary N) is 2. The second-order valence-corrected chi connectivity index (χ2v) is 6.37. The fourth-order valence-corrected chi connectivity index (χ4v) is 3.79. The largest absolute Gasteiger partial charge is 0.382 e. The number of hydrogen-bond acceptors (Lipinski definition) is 2. The van der Waals surface area contributed by atoms with E-state index < -0.39 is 0 Å². The molecule has 0 amide bonds. The molecule has 20 heavy (non-hydrogen) atoms. The van der Waals surface area contributed by atoms with Gasteiger partial charge in [-0.3, -0.25) is 0 Å². The van der Waals surface area contributed by atoms with E-state index in [0.717, 1.165) is 12.2 Å². The Hall–Kier alpha value is -1.09. The van der Waals surface area contributed by atoms with Crippen LogP contribution >= 0.6 is 0 Å². The number of hydrogen-bond donors (Lipinski definition) is 2. The molecule has 1 heterocycles. The lowest BCUT2D eigenvalue weighted by Gasteiger charge is -2.36. The second kappa shape index (κ2) is 6.13. The van der Waals surface area contributed by atoms with E-state index in [4.69, 9.17) is 0 Å². The molecule has 2 fully saturated rings. The number of rotatable bonds is 3. The first-order valence-electron chi connectivity index (χ1n) is 8.00. The smallest absolute Gasteiger partial charge is 0.128 e. The molecular weight excluding hydrogens is 251 g/mol. The Balaban J connectivity index is 1.71. The molecule has 1 saturated carbocycles. The molecule has 3 atom stereocenters. The zero-order chi connectivity index (χ0) is 13.9. The van der Waals surface area contributed by atoms with E-state index in [1.54, 1.807) is 6.07 Å². The molecule has 1 aromatic carbocycles. The van der Waals surface area contributed by atoms with Crippen molar-refractivity contribution in [3.8, 4) is 0 Å². The molecule has 0 spiro atoms. The minimum atomic E-state index is -0.110. The average molecular weight is 276 g/mol. The maximum atomic E-state index is 13.7. The molecule has 3 rings (SSSR count). The quantitative estimate of drug-likeness (QED) is 0.876. The van der Waals surface area contributed by atoms with Crippen LogP contribution < -0.4 is 10.6 Å². The lowest BCUT2D eigenvalue weighted by molar-refractivity contribution is 0.262. The van der Waals surface area contributed by atoms with E-state index in [1.165, 1.54) is 38.5 Å². The summed E-state index contributed by atoms with van der Waals surface area (Å²) in [4.78, 5) is 0. The minimum absolute atomic E-state index is 0.110. The van der Waals surface area contributed by atoms with Gasteiger partial charge in [0.05, 0.1) is 0 Å². The Morgan fingerprint density at radius 1 is 1.15 bits per heavy atom. The maximum absolute atomic E-state index is 13.7. The summed E-state index contributed by atoms with van der Waals surface area (Å²) >= 11 is 0. The van der Waals surface area contributed by atoms with Crippen LogP contribution in [0.25, 0.3) is 0 Å². The van der Waals surface area contributed by atoms with E-state index in [-0.39, 0.29) is 5.82 Å². The van der Waals surface area contributed by atoms with Gasteiger partial charge in [-0.2, -0.15) is 0 Å². The molecule has 2 N–H and O–H groups in total. The van der Waals surface area contributed by atoms with E-state index in [1.807, 2.05) is 19.1 Å². The van der Waals surface area contributed by atoms with Gasteiger partial charge in [-0.25, -0.2) is 4.39 Å². The molecule has 0 aromatic heterocycles. The van der Waals surface area contributed by atoms with Crippen molar-refractivity contribution in [2.75, 3.05) is 11.9 Å². The van der Waals surface area contributed by atoms with Crippen molar-refractivity contribution < 1.29 is 4.39 Å². The van der Waals surface area contributed by atoms with Gasteiger partial charge in [0.25, 0.3) is 0 Å². The molecule has 110 valence electrons. The topological polar surface area (TPSA) is 24.1 Å². The molecule has 2 nitrogen and oxygen atoms in total. The first-order chi connectivity index (χ1) is 9.74. The predicted molar refractivity (Wildman–Crippen MR) is 81.5 cm³/mol. The normalized spacial score (nSPS) is 30.4. The first-order valence-corrected chi connectivity index (χ1v) is 8.00. The summed E-state index contributed by atoms with van der Waals surface area (Å²) in [6, 6.07) is 6.66. The number of anilines is 1. The van der Waals surface area contributed by atoms with Crippen molar-refractivity contribution in [1.82, 2.24) is 5.32 Å². The minimum Gasteiger partial charge on any atom is -0.382 e. The second-order valence-electron chi connectivity index (χ2n) is 6.37. The van der Waals surface area contributed by atoms with Crippen molar-refractivity contribution >= 4 is 5.69 Å². The number of halogens is 1. The van der Waals surface area contributed by atoms with Gasteiger partial charge in [0.2, 0.25) is 0 Å². The van der Waals surface area contributed by atoms with Crippen LogP contribution in [-0.2, 0) is 0 Å². The molecule has 0 radical (unpaired) electrons. The summed E-state index contributed by atoms with van der Waals surface area (Å²) in [6.45, 7) is 2.97. The van der Waals surface area contributed by atoms with Gasteiger partial charge >= 0.3 is 0 Å². The maximum Gasteiger partial charge on any atom is 0.128 e.